The number of unbranched alkanes of at least 4 members (excludes halogenated alkanes) is 1. The first-order chi connectivity index (χ1) is 9.78. The maximum absolute atomic E-state index is 6.01. The van der Waals surface area contributed by atoms with E-state index in [0.29, 0.717) is 11.1 Å². The molecule has 1 aliphatic rings. The van der Waals surface area contributed by atoms with E-state index >= 15 is 0 Å². The predicted octanol–water partition coefficient (Wildman–Crippen LogP) is 3.37. The van der Waals surface area contributed by atoms with Gasteiger partial charge in [0.25, 0.3) is 0 Å². The van der Waals surface area contributed by atoms with Gasteiger partial charge in [-0.2, -0.15) is 0 Å². The number of aromatic nitrogens is 2. The number of nitrogens with one attached hydrogen (secondary N) is 1. The lowest BCUT2D eigenvalue weighted by Crippen LogP contribution is -2.21. The van der Waals surface area contributed by atoms with Crippen LogP contribution in [0, 0.1) is 0 Å². The third-order valence-corrected chi connectivity index (χ3v) is 3.83. The van der Waals surface area contributed by atoms with Crippen LogP contribution < -0.4 is 5.32 Å². The summed E-state index contributed by atoms with van der Waals surface area (Å²) in [6.07, 6.45) is 7.14. The molecule has 0 radical (unpaired) electrons. The molecule has 0 aliphatic carbocycles. The number of rotatable bonds is 8. The standard InChI is InChI=1S/C15H25ClN4/c1-2-7-13-12-14(16)19-15(18-13)17-8-3-4-9-20-10-5-6-11-20/h12H,2-11H2,1H3,(H,17,18,19). The highest BCUT2D eigenvalue weighted by atomic mass is 35.5. The zero-order valence-electron chi connectivity index (χ0n) is 12.4. The van der Waals surface area contributed by atoms with Gasteiger partial charge in [0.2, 0.25) is 5.95 Å². The summed E-state index contributed by atoms with van der Waals surface area (Å²) in [5.41, 5.74) is 1.02. The van der Waals surface area contributed by atoms with Crippen LogP contribution in [0.15, 0.2) is 6.07 Å². The molecule has 0 atom stereocenters. The summed E-state index contributed by atoms with van der Waals surface area (Å²) in [6.45, 7) is 6.84. The molecular weight excluding hydrogens is 272 g/mol. The van der Waals surface area contributed by atoms with E-state index in [2.05, 4.69) is 27.1 Å². The number of likely N-dealkylation sites (tertiary alicyclic amines) is 1. The summed E-state index contributed by atoms with van der Waals surface area (Å²) in [7, 11) is 0. The van der Waals surface area contributed by atoms with Gasteiger partial charge in [-0.05, 0) is 57.8 Å². The van der Waals surface area contributed by atoms with Crippen LogP contribution in [0.5, 0.6) is 0 Å². The van der Waals surface area contributed by atoms with Gasteiger partial charge < -0.3 is 10.2 Å². The van der Waals surface area contributed by atoms with Gasteiger partial charge in [0, 0.05) is 12.2 Å². The fourth-order valence-corrected chi connectivity index (χ4v) is 2.80. The highest BCUT2D eigenvalue weighted by Gasteiger charge is 2.10. The third-order valence-electron chi connectivity index (χ3n) is 3.64. The number of hydrogen-bond donors (Lipinski definition) is 1. The molecule has 20 heavy (non-hydrogen) atoms. The van der Waals surface area contributed by atoms with Crippen LogP contribution in [0.2, 0.25) is 5.15 Å². The van der Waals surface area contributed by atoms with E-state index in [1.54, 1.807) is 0 Å². The van der Waals surface area contributed by atoms with Crippen molar-refractivity contribution in [2.24, 2.45) is 0 Å². The fourth-order valence-electron chi connectivity index (χ4n) is 2.59. The van der Waals surface area contributed by atoms with E-state index in [4.69, 9.17) is 11.6 Å². The molecule has 0 unspecified atom stereocenters. The van der Waals surface area contributed by atoms with E-state index in [9.17, 15) is 0 Å². The van der Waals surface area contributed by atoms with Crippen molar-refractivity contribution in [3.63, 3.8) is 0 Å². The zero-order chi connectivity index (χ0) is 14.2. The maximum Gasteiger partial charge on any atom is 0.224 e. The van der Waals surface area contributed by atoms with Crippen molar-refractivity contribution >= 4 is 17.5 Å². The van der Waals surface area contributed by atoms with Crippen molar-refractivity contribution in [3.05, 3.63) is 16.9 Å². The molecule has 2 heterocycles. The van der Waals surface area contributed by atoms with Gasteiger partial charge in [0.1, 0.15) is 5.15 Å². The molecule has 1 fully saturated rings. The maximum atomic E-state index is 6.01. The largest absolute Gasteiger partial charge is 0.354 e. The summed E-state index contributed by atoms with van der Waals surface area (Å²) in [5.74, 6) is 0.669. The Bertz CT molecular complexity index is 405. The molecule has 1 N–H and O–H groups in total. The minimum absolute atomic E-state index is 0.531. The monoisotopic (exact) mass is 296 g/mol. The van der Waals surface area contributed by atoms with Gasteiger partial charge >= 0.3 is 0 Å². The molecule has 0 spiro atoms. The van der Waals surface area contributed by atoms with E-state index in [1.807, 2.05) is 6.07 Å². The molecule has 1 saturated heterocycles. The normalized spacial score (nSPS) is 15.7. The highest BCUT2D eigenvalue weighted by Crippen LogP contribution is 2.12. The highest BCUT2D eigenvalue weighted by molar-refractivity contribution is 6.29. The van der Waals surface area contributed by atoms with Crippen molar-refractivity contribution in [2.45, 2.75) is 45.4 Å². The van der Waals surface area contributed by atoms with E-state index in [0.717, 1.165) is 31.5 Å². The summed E-state index contributed by atoms with van der Waals surface area (Å²) >= 11 is 6.01. The average molecular weight is 297 g/mol. The molecule has 1 aromatic heterocycles. The molecule has 5 heteroatoms. The van der Waals surface area contributed by atoms with Gasteiger partial charge in [0.05, 0.1) is 0 Å². The molecular formula is C15H25ClN4. The summed E-state index contributed by atoms with van der Waals surface area (Å²) in [4.78, 5) is 11.3. The minimum atomic E-state index is 0.531. The number of hydrogen-bond acceptors (Lipinski definition) is 4. The van der Waals surface area contributed by atoms with Crippen molar-refractivity contribution in [1.82, 2.24) is 14.9 Å². The fraction of sp³-hybridized carbons (Fsp3) is 0.733. The molecule has 0 bridgehead atoms. The Kier molecular flexibility index (Phi) is 6.54. The van der Waals surface area contributed by atoms with Gasteiger partial charge in [-0.25, -0.2) is 9.97 Å². The Morgan fingerprint density at radius 1 is 1.25 bits per heavy atom. The van der Waals surface area contributed by atoms with Crippen molar-refractivity contribution < 1.29 is 0 Å². The smallest absolute Gasteiger partial charge is 0.224 e. The summed E-state index contributed by atoms with van der Waals surface area (Å²) in [5, 5.41) is 3.82. The lowest BCUT2D eigenvalue weighted by atomic mass is 10.2. The Morgan fingerprint density at radius 2 is 2.05 bits per heavy atom. The molecule has 0 amide bonds. The third kappa shape index (κ3) is 5.25. The van der Waals surface area contributed by atoms with Gasteiger partial charge in [-0.1, -0.05) is 24.9 Å². The van der Waals surface area contributed by atoms with E-state index in [1.165, 1.54) is 38.9 Å². The van der Waals surface area contributed by atoms with Crippen LogP contribution >= 0.6 is 11.6 Å². The topological polar surface area (TPSA) is 41.1 Å². The molecule has 2 rings (SSSR count). The van der Waals surface area contributed by atoms with Gasteiger partial charge in [0.15, 0.2) is 0 Å². The van der Waals surface area contributed by atoms with E-state index < -0.39 is 0 Å². The minimum Gasteiger partial charge on any atom is -0.354 e. The zero-order valence-corrected chi connectivity index (χ0v) is 13.1. The molecule has 1 aromatic rings. The van der Waals surface area contributed by atoms with E-state index in [-0.39, 0.29) is 0 Å². The second-order valence-electron chi connectivity index (χ2n) is 5.44. The average Bonchev–Trinajstić information content (AvgIpc) is 2.91. The SMILES string of the molecule is CCCc1cc(Cl)nc(NCCCCN2CCCC2)n1. The molecule has 4 nitrogen and oxygen atoms in total. The second-order valence-corrected chi connectivity index (χ2v) is 5.83. The van der Waals surface area contributed by atoms with Crippen LogP contribution in [-0.4, -0.2) is 41.0 Å². The quantitative estimate of drug-likeness (QED) is 0.590. The number of aryl methyl sites for hydroxylation is 1. The number of anilines is 1. The van der Waals surface area contributed by atoms with Crippen molar-refractivity contribution in [2.75, 3.05) is 31.5 Å². The van der Waals surface area contributed by atoms with Crippen LogP contribution in [0.1, 0.15) is 44.7 Å². The summed E-state index contributed by atoms with van der Waals surface area (Å²) < 4.78 is 0. The first-order valence-electron chi connectivity index (χ1n) is 7.77. The Hall–Kier alpha value is -0.870. The lowest BCUT2D eigenvalue weighted by molar-refractivity contribution is 0.331. The summed E-state index contributed by atoms with van der Waals surface area (Å²) in [6, 6.07) is 1.85. The first kappa shape index (κ1) is 15.5. The predicted molar refractivity (Wildman–Crippen MR) is 84.4 cm³/mol. The molecule has 112 valence electrons. The number of nitrogens with zero attached hydrogens (tertiary/aromatic N) is 3. The molecule has 0 aromatic carbocycles. The Morgan fingerprint density at radius 3 is 2.80 bits per heavy atom. The lowest BCUT2D eigenvalue weighted by Gasteiger charge is -2.14. The van der Waals surface area contributed by atoms with Crippen LogP contribution in [0.3, 0.4) is 0 Å². The van der Waals surface area contributed by atoms with Gasteiger partial charge in [-0.3, -0.25) is 0 Å². The molecule has 1 aliphatic heterocycles. The molecule has 0 saturated carbocycles. The second kappa shape index (κ2) is 8.42. The van der Waals surface area contributed by atoms with Crippen LogP contribution in [0.4, 0.5) is 5.95 Å². The number of halogens is 1. The van der Waals surface area contributed by atoms with Crippen LogP contribution in [-0.2, 0) is 6.42 Å². The Labute approximate surface area is 126 Å². The first-order valence-corrected chi connectivity index (χ1v) is 8.15. The van der Waals surface area contributed by atoms with Crippen molar-refractivity contribution in [3.8, 4) is 0 Å². The Balaban J connectivity index is 1.67. The van der Waals surface area contributed by atoms with Crippen LogP contribution in [0.25, 0.3) is 0 Å². The van der Waals surface area contributed by atoms with Gasteiger partial charge in [-0.15, -0.1) is 0 Å². The van der Waals surface area contributed by atoms with Crippen molar-refractivity contribution in [1.29, 1.82) is 0 Å².